The molecule has 124 valence electrons. The third kappa shape index (κ3) is 3.46. The number of nitrogens with zero attached hydrogens (tertiary/aromatic N) is 2. The number of ether oxygens (including phenoxy) is 1. The summed E-state index contributed by atoms with van der Waals surface area (Å²) in [5.41, 5.74) is -0.571. The van der Waals surface area contributed by atoms with Crippen LogP contribution in [0.1, 0.15) is 21.5 Å². The van der Waals surface area contributed by atoms with Gasteiger partial charge in [0.15, 0.2) is 0 Å². The molecule has 2 aromatic rings. The van der Waals surface area contributed by atoms with Crippen LogP contribution in [0.4, 0.5) is 11.4 Å². The van der Waals surface area contributed by atoms with Gasteiger partial charge in [-0.25, -0.2) is 4.79 Å². The third-order valence-electron chi connectivity index (χ3n) is 3.12. The van der Waals surface area contributed by atoms with E-state index in [1.807, 2.05) is 6.07 Å². The van der Waals surface area contributed by atoms with Crippen LogP contribution < -0.4 is 4.74 Å². The first-order valence-electron chi connectivity index (χ1n) is 6.65. The van der Waals surface area contributed by atoms with Crippen LogP contribution in [0.15, 0.2) is 30.3 Å². The Balaban J connectivity index is 2.63. The van der Waals surface area contributed by atoms with Gasteiger partial charge in [-0.2, -0.15) is 0 Å². The minimum absolute atomic E-state index is 0.265. The maximum atomic E-state index is 11.2. The van der Waals surface area contributed by atoms with E-state index in [-0.39, 0.29) is 11.5 Å². The fraction of sp³-hybridized carbons (Fsp3) is 0.133. The van der Waals surface area contributed by atoms with Crippen molar-refractivity contribution in [3.63, 3.8) is 0 Å². The van der Waals surface area contributed by atoms with Gasteiger partial charge in [-0.05, 0) is 37.1 Å². The first kappa shape index (κ1) is 16.9. The van der Waals surface area contributed by atoms with Gasteiger partial charge >= 0.3 is 11.7 Å². The maximum Gasteiger partial charge on any atom is 0.342 e. The highest BCUT2D eigenvalue weighted by Gasteiger charge is 2.29. The van der Waals surface area contributed by atoms with Gasteiger partial charge < -0.3 is 9.84 Å². The summed E-state index contributed by atoms with van der Waals surface area (Å²) in [7, 11) is 0. The Morgan fingerprint density at radius 3 is 1.96 bits per heavy atom. The van der Waals surface area contributed by atoms with E-state index < -0.39 is 32.8 Å². The minimum Gasteiger partial charge on any atom is -0.477 e. The summed E-state index contributed by atoms with van der Waals surface area (Å²) >= 11 is 0. The fourth-order valence-electron chi connectivity index (χ4n) is 2.22. The zero-order valence-electron chi connectivity index (χ0n) is 12.7. The molecule has 9 nitrogen and oxygen atoms in total. The first-order chi connectivity index (χ1) is 11.2. The maximum absolute atomic E-state index is 11.2. The molecule has 0 aliphatic heterocycles. The highest BCUT2D eigenvalue weighted by atomic mass is 16.6. The summed E-state index contributed by atoms with van der Waals surface area (Å²) in [4.78, 5) is 31.4. The molecule has 0 radical (unpaired) electrons. The van der Waals surface area contributed by atoms with Crippen molar-refractivity contribution in [1.29, 1.82) is 0 Å². The Morgan fingerprint density at radius 2 is 1.50 bits per heavy atom. The van der Waals surface area contributed by atoms with E-state index in [9.17, 15) is 25.0 Å². The van der Waals surface area contributed by atoms with Gasteiger partial charge in [0.2, 0.25) is 5.75 Å². The molecule has 24 heavy (non-hydrogen) atoms. The number of hydrogen-bond acceptors (Lipinski definition) is 6. The molecule has 0 amide bonds. The van der Waals surface area contributed by atoms with Crippen LogP contribution >= 0.6 is 0 Å². The van der Waals surface area contributed by atoms with Crippen molar-refractivity contribution in [2.24, 2.45) is 0 Å². The summed E-state index contributed by atoms with van der Waals surface area (Å²) in [6.45, 7) is 3.60. The zero-order chi connectivity index (χ0) is 18.0. The average molecular weight is 332 g/mol. The second kappa shape index (κ2) is 6.32. The van der Waals surface area contributed by atoms with Crippen molar-refractivity contribution in [2.75, 3.05) is 0 Å². The molecule has 2 aromatic carbocycles. The topological polar surface area (TPSA) is 133 Å². The van der Waals surface area contributed by atoms with Crippen molar-refractivity contribution < 1.29 is 24.5 Å². The lowest BCUT2D eigenvalue weighted by molar-refractivity contribution is -0.394. The smallest absolute Gasteiger partial charge is 0.342 e. The Labute approximate surface area is 135 Å². The molecule has 1 N–H and O–H groups in total. The van der Waals surface area contributed by atoms with Crippen molar-refractivity contribution >= 4 is 17.3 Å². The number of rotatable bonds is 5. The van der Waals surface area contributed by atoms with E-state index in [1.165, 1.54) is 0 Å². The van der Waals surface area contributed by atoms with Crippen LogP contribution in [0.3, 0.4) is 0 Å². The predicted molar refractivity (Wildman–Crippen MR) is 82.7 cm³/mol. The van der Waals surface area contributed by atoms with Gasteiger partial charge in [0.1, 0.15) is 11.3 Å². The lowest BCUT2D eigenvalue weighted by Gasteiger charge is -2.09. The van der Waals surface area contributed by atoms with Gasteiger partial charge in [-0.3, -0.25) is 20.2 Å². The predicted octanol–water partition coefficient (Wildman–Crippen LogP) is 3.61. The number of aryl methyl sites for hydroxylation is 2. The van der Waals surface area contributed by atoms with E-state index in [4.69, 9.17) is 9.84 Å². The summed E-state index contributed by atoms with van der Waals surface area (Å²) in [6, 6.07) is 6.45. The molecule has 0 fully saturated rings. The van der Waals surface area contributed by atoms with E-state index in [0.29, 0.717) is 6.07 Å². The van der Waals surface area contributed by atoms with E-state index in [2.05, 4.69) is 0 Å². The molecule has 0 bridgehead atoms. The highest BCUT2D eigenvalue weighted by molar-refractivity contribution is 5.93. The van der Waals surface area contributed by atoms with Gasteiger partial charge in [-0.15, -0.1) is 0 Å². The third-order valence-corrected chi connectivity index (χ3v) is 3.12. The second-order valence-corrected chi connectivity index (χ2v) is 5.08. The van der Waals surface area contributed by atoms with Crippen molar-refractivity contribution in [3.8, 4) is 11.5 Å². The molecule has 0 aliphatic carbocycles. The molecular weight excluding hydrogens is 320 g/mol. The summed E-state index contributed by atoms with van der Waals surface area (Å²) in [6.07, 6.45) is 0. The molecular formula is C15H12N2O7. The van der Waals surface area contributed by atoms with Gasteiger partial charge in [0.25, 0.3) is 5.69 Å². The zero-order valence-corrected chi connectivity index (χ0v) is 12.7. The van der Waals surface area contributed by atoms with Crippen LogP contribution in [-0.2, 0) is 0 Å². The molecule has 0 unspecified atom stereocenters. The molecule has 0 saturated heterocycles. The van der Waals surface area contributed by atoms with Crippen LogP contribution in [0, 0.1) is 34.1 Å². The first-order valence-corrected chi connectivity index (χ1v) is 6.65. The number of aromatic carboxylic acids is 1. The normalized spacial score (nSPS) is 10.2. The van der Waals surface area contributed by atoms with Crippen LogP contribution in [-0.4, -0.2) is 20.9 Å². The van der Waals surface area contributed by atoms with Crippen LogP contribution in [0.2, 0.25) is 0 Å². The Hall–Kier alpha value is -3.49. The van der Waals surface area contributed by atoms with Gasteiger partial charge in [-0.1, -0.05) is 6.07 Å². The van der Waals surface area contributed by atoms with Gasteiger partial charge in [0.05, 0.1) is 15.9 Å². The molecule has 0 aromatic heterocycles. The largest absolute Gasteiger partial charge is 0.477 e. The number of carbonyl (C=O) groups is 1. The second-order valence-electron chi connectivity index (χ2n) is 5.08. The van der Waals surface area contributed by atoms with Crippen LogP contribution in [0.25, 0.3) is 0 Å². The monoisotopic (exact) mass is 332 g/mol. The molecule has 0 aliphatic rings. The number of nitro benzene ring substituents is 2. The fourth-order valence-corrected chi connectivity index (χ4v) is 2.22. The summed E-state index contributed by atoms with van der Waals surface area (Å²) < 4.78 is 5.43. The molecule has 9 heteroatoms. The van der Waals surface area contributed by atoms with Crippen molar-refractivity contribution in [2.45, 2.75) is 13.8 Å². The van der Waals surface area contributed by atoms with E-state index in [0.717, 1.165) is 17.2 Å². The molecule has 0 saturated carbocycles. The summed E-state index contributed by atoms with van der Waals surface area (Å²) in [5, 5.41) is 31.2. The van der Waals surface area contributed by atoms with Crippen molar-refractivity contribution in [3.05, 3.63) is 67.3 Å². The molecule has 0 spiro atoms. The van der Waals surface area contributed by atoms with E-state index >= 15 is 0 Å². The Kier molecular flexibility index (Phi) is 4.45. The lowest BCUT2D eigenvalue weighted by Crippen LogP contribution is -2.05. The SMILES string of the molecule is Cc1cc(C)cc(Oc2cc(C(=O)O)c([N+](=O)[O-])cc2[N+](=O)[O-])c1. The molecule has 2 rings (SSSR count). The number of benzene rings is 2. The van der Waals surface area contributed by atoms with Gasteiger partial charge in [0, 0.05) is 6.07 Å². The number of nitro groups is 2. The van der Waals surface area contributed by atoms with Crippen LogP contribution in [0.5, 0.6) is 11.5 Å². The lowest BCUT2D eigenvalue weighted by atomic mass is 10.1. The molecule has 0 atom stereocenters. The minimum atomic E-state index is -1.58. The number of carboxylic acid groups (broad SMARTS) is 1. The highest BCUT2D eigenvalue weighted by Crippen LogP contribution is 2.37. The standard InChI is InChI=1S/C15H12N2O7/c1-8-3-9(2)5-10(4-8)24-14-6-11(15(18)19)12(16(20)21)7-13(14)17(22)23/h3-7H,1-2H3,(H,18,19). The Morgan fingerprint density at radius 1 is 0.958 bits per heavy atom. The number of hydrogen-bond donors (Lipinski definition) is 1. The van der Waals surface area contributed by atoms with E-state index in [1.54, 1.807) is 26.0 Å². The summed E-state index contributed by atoms with van der Waals surface area (Å²) in [5.74, 6) is -1.70. The van der Waals surface area contributed by atoms with Crippen molar-refractivity contribution in [1.82, 2.24) is 0 Å². The quantitative estimate of drug-likeness (QED) is 0.653. The average Bonchev–Trinajstić information content (AvgIpc) is 2.44. The Bertz CT molecular complexity index is 841. The number of carboxylic acids is 1. The molecule has 0 heterocycles.